The Hall–Kier alpha value is -0.280. The fourth-order valence-corrected chi connectivity index (χ4v) is 2.82. The molecule has 1 aromatic carbocycles. The van der Waals surface area contributed by atoms with Crippen LogP contribution in [0.25, 0.3) is 0 Å². The van der Waals surface area contributed by atoms with Gasteiger partial charge < -0.3 is 4.74 Å². The summed E-state index contributed by atoms with van der Waals surface area (Å²) in [5.74, 6) is 0.872. The Morgan fingerprint density at radius 2 is 2.24 bits per heavy atom. The van der Waals surface area contributed by atoms with Crippen molar-refractivity contribution in [1.29, 1.82) is 0 Å². The van der Waals surface area contributed by atoms with E-state index in [1.54, 1.807) is 6.07 Å². The number of ether oxygens (including phenoxy) is 1. The molecule has 0 unspecified atom stereocenters. The second-order valence-corrected chi connectivity index (χ2v) is 5.76. The molecule has 1 aliphatic carbocycles. The van der Waals surface area contributed by atoms with Gasteiger partial charge in [-0.1, -0.05) is 24.9 Å². The number of halogens is 3. The molecule has 1 aliphatic rings. The van der Waals surface area contributed by atoms with E-state index in [4.69, 9.17) is 16.3 Å². The number of hydrogen-bond acceptors (Lipinski definition) is 1. The molecule has 1 saturated carbocycles. The monoisotopic (exact) mass is 320 g/mol. The Labute approximate surface area is 114 Å². The van der Waals surface area contributed by atoms with Gasteiger partial charge >= 0.3 is 0 Å². The molecule has 0 aliphatic heterocycles. The van der Waals surface area contributed by atoms with Crippen LogP contribution in [0.4, 0.5) is 4.39 Å². The lowest BCUT2D eigenvalue weighted by Crippen LogP contribution is -2.12. The van der Waals surface area contributed by atoms with Gasteiger partial charge in [0.25, 0.3) is 0 Å². The molecule has 0 spiro atoms. The molecule has 4 heteroatoms. The normalized spacial score (nSPS) is 24.0. The van der Waals surface area contributed by atoms with Crippen LogP contribution in [0.3, 0.4) is 0 Å². The van der Waals surface area contributed by atoms with Crippen molar-refractivity contribution in [3.8, 4) is 5.75 Å². The van der Waals surface area contributed by atoms with Gasteiger partial charge in [0, 0.05) is 11.1 Å². The summed E-state index contributed by atoms with van der Waals surface area (Å²) < 4.78 is 19.6. The zero-order chi connectivity index (χ0) is 12.4. The van der Waals surface area contributed by atoms with Crippen LogP contribution in [0.1, 0.15) is 32.6 Å². The van der Waals surface area contributed by atoms with Gasteiger partial charge in [-0.2, -0.15) is 0 Å². The molecule has 0 radical (unpaired) electrons. The largest absolute Gasteiger partial charge is 0.489 e. The third-order valence-electron chi connectivity index (χ3n) is 3.32. The Bertz CT molecular complexity index is 411. The minimum absolute atomic E-state index is 0.189. The molecule has 1 aromatic rings. The SMILES string of the molecule is CC[C@@H]1CC[C@@H](Oc2cc(Cl)cc(F)c2Br)C1. The van der Waals surface area contributed by atoms with E-state index in [9.17, 15) is 4.39 Å². The first-order valence-corrected chi connectivity index (χ1v) is 7.08. The number of hydrogen-bond donors (Lipinski definition) is 0. The standard InChI is InChI=1S/C13H15BrClFO/c1-2-8-3-4-10(5-8)17-12-7-9(15)6-11(16)13(12)14/h6-8,10H,2-5H2,1H3/t8-,10-/m1/s1. The fraction of sp³-hybridized carbons (Fsp3) is 0.538. The zero-order valence-corrected chi connectivity index (χ0v) is 12.0. The summed E-state index contributed by atoms with van der Waals surface area (Å²) in [5.41, 5.74) is 0. The van der Waals surface area contributed by atoms with Gasteiger partial charge in [-0.25, -0.2) is 4.39 Å². The second-order valence-electron chi connectivity index (χ2n) is 4.53. The van der Waals surface area contributed by atoms with Gasteiger partial charge in [0.2, 0.25) is 0 Å². The molecule has 0 saturated heterocycles. The van der Waals surface area contributed by atoms with Gasteiger partial charge in [0.05, 0.1) is 10.6 Å². The third-order valence-corrected chi connectivity index (χ3v) is 4.31. The van der Waals surface area contributed by atoms with Crippen LogP contribution in [-0.2, 0) is 0 Å². The highest BCUT2D eigenvalue weighted by atomic mass is 79.9. The van der Waals surface area contributed by atoms with Gasteiger partial charge in [-0.15, -0.1) is 0 Å². The lowest BCUT2D eigenvalue weighted by atomic mass is 10.1. The molecular formula is C13H15BrClFO. The van der Waals surface area contributed by atoms with Crippen molar-refractivity contribution in [3.05, 3.63) is 27.4 Å². The van der Waals surface area contributed by atoms with E-state index in [1.807, 2.05) is 0 Å². The molecule has 0 amide bonds. The van der Waals surface area contributed by atoms with E-state index in [2.05, 4.69) is 22.9 Å². The number of benzene rings is 1. The van der Waals surface area contributed by atoms with E-state index in [1.165, 1.54) is 18.9 Å². The molecule has 2 rings (SSSR count). The van der Waals surface area contributed by atoms with Crippen molar-refractivity contribution in [2.45, 2.75) is 38.7 Å². The predicted molar refractivity (Wildman–Crippen MR) is 71.2 cm³/mol. The molecule has 0 bridgehead atoms. The van der Waals surface area contributed by atoms with Crippen molar-refractivity contribution in [2.75, 3.05) is 0 Å². The second kappa shape index (κ2) is 5.57. The van der Waals surface area contributed by atoms with Crippen molar-refractivity contribution in [3.63, 3.8) is 0 Å². The Kier molecular flexibility index (Phi) is 4.31. The molecule has 1 fully saturated rings. The van der Waals surface area contributed by atoms with Gasteiger partial charge in [-0.3, -0.25) is 0 Å². The van der Waals surface area contributed by atoms with Gasteiger partial charge in [-0.05, 0) is 47.2 Å². The van der Waals surface area contributed by atoms with Crippen molar-refractivity contribution < 1.29 is 9.13 Å². The average molecular weight is 322 g/mol. The quantitative estimate of drug-likeness (QED) is 0.695. The van der Waals surface area contributed by atoms with E-state index in [-0.39, 0.29) is 11.9 Å². The molecular weight excluding hydrogens is 306 g/mol. The van der Waals surface area contributed by atoms with Crippen LogP contribution in [-0.4, -0.2) is 6.10 Å². The third kappa shape index (κ3) is 3.14. The topological polar surface area (TPSA) is 9.23 Å². The van der Waals surface area contributed by atoms with Crippen LogP contribution in [0, 0.1) is 11.7 Å². The molecule has 0 aromatic heterocycles. The first kappa shape index (κ1) is 13.2. The van der Waals surface area contributed by atoms with Crippen LogP contribution >= 0.6 is 27.5 Å². The molecule has 0 heterocycles. The maximum Gasteiger partial charge on any atom is 0.142 e. The van der Waals surface area contributed by atoms with Crippen LogP contribution in [0.15, 0.2) is 16.6 Å². The Morgan fingerprint density at radius 3 is 2.88 bits per heavy atom. The Morgan fingerprint density at radius 1 is 1.47 bits per heavy atom. The summed E-state index contributed by atoms with van der Waals surface area (Å²) in [5, 5.41) is 0.366. The van der Waals surface area contributed by atoms with E-state index >= 15 is 0 Å². The van der Waals surface area contributed by atoms with E-state index < -0.39 is 0 Å². The summed E-state index contributed by atoms with van der Waals surface area (Å²) in [6, 6.07) is 2.94. The summed E-state index contributed by atoms with van der Waals surface area (Å²) in [4.78, 5) is 0. The first-order chi connectivity index (χ1) is 8.10. The van der Waals surface area contributed by atoms with E-state index in [0.29, 0.717) is 15.2 Å². The maximum atomic E-state index is 13.4. The summed E-state index contributed by atoms with van der Waals surface area (Å²) in [6.45, 7) is 2.20. The van der Waals surface area contributed by atoms with Crippen molar-refractivity contribution >= 4 is 27.5 Å². The number of rotatable bonds is 3. The maximum absolute atomic E-state index is 13.4. The minimum atomic E-state index is -0.377. The lowest BCUT2D eigenvalue weighted by molar-refractivity contribution is 0.201. The van der Waals surface area contributed by atoms with Crippen molar-refractivity contribution in [1.82, 2.24) is 0 Å². The molecule has 1 nitrogen and oxygen atoms in total. The predicted octanol–water partition coefficient (Wildman–Crippen LogP) is 5.20. The fourth-order valence-electron chi connectivity index (χ4n) is 2.30. The highest BCUT2D eigenvalue weighted by molar-refractivity contribution is 9.10. The molecule has 0 N–H and O–H groups in total. The minimum Gasteiger partial charge on any atom is -0.489 e. The zero-order valence-electron chi connectivity index (χ0n) is 9.68. The molecule has 94 valence electrons. The first-order valence-electron chi connectivity index (χ1n) is 5.91. The lowest BCUT2D eigenvalue weighted by Gasteiger charge is -2.15. The highest BCUT2D eigenvalue weighted by Crippen LogP contribution is 2.36. The van der Waals surface area contributed by atoms with Crippen molar-refractivity contribution in [2.24, 2.45) is 5.92 Å². The van der Waals surface area contributed by atoms with Gasteiger partial charge in [0.15, 0.2) is 0 Å². The van der Waals surface area contributed by atoms with Crippen LogP contribution in [0.2, 0.25) is 5.02 Å². The molecule has 2 atom stereocenters. The summed E-state index contributed by atoms with van der Waals surface area (Å²) >= 11 is 9.02. The van der Waals surface area contributed by atoms with Crippen LogP contribution < -0.4 is 4.74 Å². The van der Waals surface area contributed by atoms with Crippen LogP contribution in [0.5, 0.6) is 5.75 Å². The van der Waals surface area contributed by atoms with Gasteiger partial charge in [0.1, 0.15) is 11.6 Å². The Balaban J connectivity index is 2.09. The molecule has 17 heavy (non-hydrogen) atoms. The highest BCUT2D eigenvalue weighted by Gasteiger charge is 2.25. The average Bonchev–Trinajstić information content (AvgIpc) is 2.73. The summed E-state index contributed by atoms with van der Waals surface area (Å²) in [7, 11) is 0. The smallest absolute Gasteiger partial charge is 0.142 e. The van der Waals surface area contributed by atoms with E-state index in [0.717, 1.165) is 18.8 Å². The summed E-state index contributed by atoms with van der Waals surface area (Å²) in [6.07, 6.45) is 4.66.